The second kappa shape index (κ2) is 8.84. The maximum Gasteiger partial charge on any atom is 0.320 e. The molecule has 0 saturated heterocycles. The Labute approximate surface area is 172 Å². The molecule has 150 valence electrons. The number of aromatic nitrogens is 1. The van der Waals surface area contributed by atoms with Gasteiger partial charge in [-0.05, 0) is 36.8 Å². The minimum absolute atomic E-state index is 0.158. The maximum atomic E-state index is 13.0. The molecule has 0 fully saturated rings. The van der Waals surface area contributed by atoms with Gasteiger partial charge in [-0.25, -0.2) is 14.2 Å². The predicted molar refractivity (Wildman–Crippen MR) is 113 cm³/mol. The van der Waals surface area contributed by atoms with Gasteiger partial charge in [0.1, 0.15) is 11.6 Å². The summed E-state index contributed by atoms with van der Waals surface area (Å²) in [5.41, 5.74) is 8.75. The molecule has 30 heavy (non-hydrogen) atoms. The number of carbonyl (C=O) groups excluding carboxylic acids is 1. The number of nitrogen functional groups attached to an aromatic ring is 1. The summed E-state index contributed by atoms with van der Waals surface area (Å²) in [6.07, 6.45) is 1.41. The Hall–Kier alpha value is -4.25. The molecule has 0 radical (unpaired) electrons. The summed E-state index contributed by atoms with van der Waals surface area (Å²) in [5.74, 6) is -0.116. The van der Waals surface area contributed by atoms with Crippen LogP contribution in [0.2, 0.25) is 0 Å². The van der Waals surface area contributed by atoms with Crippen molar-refractivity contribution in [1.82, 2.24) is 10.3 Å². The number of nitriles is 1. The lowest BCUT2D eigenvalue weighted by Gasteiger charge is -2.15. The zero-order valence-electron chi connectivity index (χ0n) is 16.1. The van der Waals surface area contributed by atoms with Gasteiger partial charge in [0.2, 0.25) is 0 Å². The smallest absolute Gasteiger partial charge is 0.320 e. The zero-order chi connectivity index (χ0) is 21.7. The van der Waals surface area contributed by atoms with Crippen LogP contribution >= 0.6 is 0 Å². The molecule has 0 saturated carbocycles. The molecule has 1 aromatic heterocycles. The number of nitrogens with two attached hydrogens (primary N) is 1. The molecule has 1 unspecified atom stereocenters. The van der Waals surface area contributed by atoms with Crippen molar-refractivity contribution in [3.63, 3.8) is 0 Å². The topological polar surface area (TPSA) is 128 Å². The first kappa shape index (κ1) is 20.5. The van der Waals surface area contributed by atoms with Gasteiger partial charge in [-0.2, -0.15) is 5.26 Å². The summed E-state index contributed by atoms with van der Waals surface area (Å²) in [6.45, 7) is 1.77. The average molecular weight is 402 g/mol. The third-order valence-electron chi connectivity index (χ3n) is 4.47. The van der Waals surface area contributed by atoms with Gasteiger partial charge in [0.15, 0.2) is 0 Å². The monoisotopic (exact) mass is 402 g/mol. The highest BCUT2D eigenvalue weighted by Gasteiger charge is 2.13. The Balaban J connectivity index is 1.67. The van der Waals surface area contributed by atoms with Gasteiger partial charge in [-0.1, -0.05) is 24.3 Å². The fourth-order valence-corrected chi connectivity index (χ4v) is 2.80. The number of amides is 2. The number of carbonyl (C=O) groups is 1. The van der Waals surface area contributed by atoms with Crippen molar-refractivity contribution in [1.29, 1.82) is 10.7 Å². The van der Waals surface area contributed by atoms with Crippen LogP contribution in [0.3, 0.4) is 0 Å². The van der Waals surface area contributed by atoms with Gasteiger partial charge >= 0.3 is 6.03 Å². The van der Waals surface area contributed by atoms with Gasteiger partial charge in [-0.3, -0.25) is 10.7 Å². The molecular weight excluding hydrogens is 383 g/mol. The van der Waals surface area contributed by atoms with E-state index in [1.54, 1.807) is 43.3 Å². The molecule has 0 aliphatic heterocycles. The van der Waals surface area contributed by atoms with E-state index < -0.39 is 6.03 Å². The van der Waals surface area contributed by atoms with Crippen LogP contribution in [0.15, 0.2) is 60.8 Å². The highest BCUT2D eigenvalue weighted by molar-refractivity contribution is 6.13. The molecule has 1 atom stereocenters. The average Bonchev–Trinajstić information content (AvgIpc) is 2.74. The number of hydrogen-bond donors (Lipinski definition) is 4. The molecule has 8 heteroatoms. The lowest BCUT2D eigenvalue weighted by molar-refractivity contribution is 0.249. The quantitative estimate of drug-likeness (QED) is 0.481. The van der Waals surface area contributed by atoms with Crippen LogP contribution in [-0.4, -0.2) is 16.7 Å². The molecule has 3 aromatic rings. The van der Waals surface area contributed by atoms with Crippen LogP contribution in [0.4, 0.5) is 20.7 Å². The van der Waals surface area contributed by atoms with Gasteiger partial charge in [0, 0.05) is 29.1 Å². The van der Waals surface area contributed by atoms with E-state index in [0.29, 0.717) is 16.7 Å². The number of benzene rings is 2. The van der Waals surface area contributed by atoms with Gasteiger partial charge < -0.3 is 11.1 Å². The molecule has 0 bridgehead atoms. The number of urea groups is 1. The van der Waals surface area contributed by atoms with E-state index in [2.05, 4.69) is 15.6 Å². The van der Waals surface area contributed by atoms with Crippen LogP contribution in [0.25, 0.3) is 0 Å². The molecule has 0 aliphatic carbocycles. The van der Waals surface area contributed by atoms with Crippen LogP contribution in [0, 0.1) is 22.6 Å². The second-order valence-corrected chi connectivity index (χ2v) is 6.59. The van der Waals surface area contributed by atoms with E-state index in [1.165, 1.54) is 24.4 Å². The molecular formula is C22H19FN6O. The first-order chi connectivity index (χ1) is 14.4. The fraction of sp³-hybridized carbons (Fsp3) is 0.0909. The summed E-state index contributed by atoms with van der Waals surface area (Å²) in [4.78, 5) is 16.4. The van der Waals surface area contributed by atoms with Gasteiger partial charge in [-0.15, -0.1) is 0 Å². The molecule has 0 spiro atoms. The van der Waals surface area contributed by atoms with E-state index >= 15 is 0 Å². The second-order valence-electron chi connectivity index (χ2n) is 6.59. The molecule has 0 aliphatic rings. The molecule has 2 amide bonds. The van der Waals surface area contributed by atoms with Gasteiger partial charge in [0.05, 0.1) is 23.4 Å². The van der Waals surface area contributed by atoms with Crippen LogP contribution in [-0.2, 0) is 0 Å². The number of pyridine rings is 1. The number of nitrogens with zero attached hydrogens (tertiary/aromatic N) is 2. The van der Waals surface area contributed by atoms with E-state index in [9.17, 15) is 9.18 Å². The number of rotatable bonds is 5. The van der Waals surface area contributed by atoms with Crippen LogP contribution in [0.5, 0.6) is 0 Å². The highest BCUT2D eigenvalue weighted by atomic mass is 19.1. The molecule has 1 heterocycles. The Morgan fingerprint density at radius 2 is 1.87 bits per heavy atom. The number of halogens is 1. The van der Waals surface area contributed by atoms with Crippen LogP contribution < -0.4 is 16.4 Å². The molecule has 3 rings (SSSR count). The first-order valence-corrected chi connectivity index (χ1v) is 9.05. The van der Waals surface area contributed by atoms with E-state index in [4.69, 9.17) is 16.4 Å². The van der Waals surface area contributed by atoms with Gasteiger partial charge in [0.25, 0.3) is 0 Å². The third kappa shape index (κ3) is 4.77. The molecule has 7 nitrogen and oxygen atoms in total. The Bertz CT molecular complexity index is 1120. The standard InChI is InChI=1S/C22H19FN6O/c1-13(15-6-8-17(23)9-7-15)28-22(30)29-20-10-19(25)18(12-27-20)21(26)16-4-2-14(11-24)3-5-16/h2-10,12-13,26H,1H3,(H4,25,27,28,29,30). The van der Waals surface area contributed by atoms with Crippen molar-refractivity contribution < 1.29 is 9.18 Å². The summed E-state index contributed by atoms with van der Waals surface area (Å²) >= 11 is 0. The van der Waals surface area contributed by atoms with E-state index in [-0.39, 0.29) is 29.1 Å². The largest absolute Gasteiger partial charge is 0.398 e. The summed E-state index contributed by atoms with van der Waals surface area (Å²) in [6, 6.07) is 15.1. The maximum absolute atomic E-state index is 13.0. The number of hydrogen-bond acceptors (Lipinski definition) is 5. The summed E-state index contributed by atoms with van der Waals surface area (Å²) in [5, 5.41) is 22.5. The van der Waals surface area contributed by atoms with E-state index in [1.807, 2.05) is 6.07 Å². The Morgan fingerprint density at radius 3 is 2.47 bits per heavy atom. The third-order valence-corrected chi connectivity index (χ3v) is 4.47. The Kier molecular flexibility index (Phi) is 6.03. The summed E-state index contributed by atoms with van der Waals surface area (Å²) in [7, 11) is 0. The highest BCUT2D eigenvalue weighted by Crippen LogP contribution is 2.20. The SMILES string of the molecule is CC(NC(=O)Nc1cc(N)c(C(=N)c2ccc(C#N)cc2)cn1)c1ccc(F)cc1. The van der Waals surface area contributed by atoms with Crippen molar-refractivity contribution in [2.75, 3.05) is 11.1 Å². The number of anilines is 2. The molecule has 2 aromatic carbocycles. The van der Waals surface area contributed by atoms with E-state index in [0.717, 1.165) is 5.56 Å². The first-order valence-electron chi connectivity index (χ1n) is 9.05. The van der Waals surface area contributed by atoms with Crippen molar-refractivity contribution in [2.45, 2.75) is 13.0 Å². The number of nitrogens with one attached hydrogen (secondary N) is 3. The Morgan fingerprint density at radius 1 is 1.20 bits per heavy atom. The van der Waals surface area contributed by atoms with Crippen molar-refractivity contribution >= 4 is 23.2 Å². The fourth-order valence-electron chi connectivity index (χ4n) is 2.80. The predicted octanol–water partition coefficient (Wildman–Crippen LogP) is 3.97. The van der Waals surface area contributed by atoms with Crippen molar-refractivity contribution in [2.24, 2.45) is 0 Å². The van der Waals surface area contributed by atoms with Crippen molar-refractivity contribution in [3.8, 4) is 6.07 Å². The zero-order valence-corrected chi connectivity index (χ0v) is 16.1. The minimum Gasteiger partial charge on any atom is -0.398 e. The van der Waals surface area contributed by atoms with Crippen LogP contribution in [0.1, 0.15) is 35.2 Å². The summed E-state index contributed by atoms with van der Waals surface area (Å²) < 4.78 is 13.0. The normalized spacial score (nSPS) is 11.2. The lowest BCUT2D eigenvalue weighted by atomic mass is 10.0. The lowest BCUT2D eigenvalue weighted by Crippen LogP contribution is -2.31. The molecule has 5 N–H and O–H groups in total. The van der Waals surface area contributed by atoms with Crippen molar-refractivity contribution in [3.05, 3.63) is 88.9 Å². The minimum atomic E-state index is -0.492.